The number of hydrogen-bond acceptors (Lipinski definition) is 4. The molecule has 5 heteroatoms. The number of para-hydroxylation sites is 1. The summed E-state index contributed by atoms with van der Waals surface area (Å²) in [5, 5.41) is 0. The van der Waals surface area contributed by atoms with E-state index in [4.69, 9.17) is 5.73 Å². The molecule has 2 aromatic carbocycles. The van der Waals surface area contributed by atoms with E-state index in [1.807, 2.05) is 71.8 Å². The maximum atomic E-state index is 13.2. The zero-order chi connectivity index (χ0) is 20.1. The van der Waals surface area contributed by atoms with Gasteiger partial charge >= 0.3 is 0 Å². The summed E-state index contributed by atoms with van der Waals surface area (Å²) < 4.78 is 0. The van der Waals surface area contributed by atoms with E-state index in [1.54, 1.807) is 6.20 Å². The highest BCUT2D eigenvalue weighted by Gasteiger charge is 2.34. The molecule has 0 aliphatic carbocycles. The van der Waals surface area contributed by atoms with E-state index >= 15 is 0 Å². The summed E-state index contributed by atoms with van der Waals surface area (Å²) >= 11 is 0. The predicted molar refractivity (Wildman–Crippen MR) is 115 cm³/mol. The van der Waals surface area contributed by atoms with Crippen molar-refractivity contribution < 1.29 is 4.79 Å². The van der Waals surface area contributed by atoms with Crippen LogP contribution in [0, 0.1) is 0 Å². The highest BCUT2D eigenvalue weighted by Crippen LogP contribution is 2.27. The minimum Gasteiger partial charge on any atom is -0.358 e. The summed E-state index contributed by atoms with van der Waals surface area (Å²) in [6.45, 7) is 2.20. The van der Waals surface area contributed by atoms with Gasteiger partial charge in [-0.05, 0) is 29.3 Å². The Morgan fingerprint density at radius 2 is 1.72 bits per heavy atom. The molecule has 0 spiro atoms. The minimum absolute atomic E-state index is 0.0372. The standard InChI is InChI=1S/C24H26N4O/c25-23-17-28(16-22(23)20-9-3-1-4-10-20)24(29)18-27(21-11-5-2-6-12-21)15-19-8-7-13-26-14-19/h1-14,22-23H,15-18,25H2/t22-,23+/m0/s1. The van der Waals surface area contributed by atoms with Gasteiger partial charge < -0.3 is 15.5 Å². The number of hydrogen-bond donors (Lipinski definition) is 1. The van der Waals surface area contributed by atoms with Crippen LogP contribution in [0.15, 0.2) is 85.2 Å². The monoisotopic (exact) mass is 386 g/mol. The van der Waals surface area contributed by atoms with E-state index in [0.29, 0.717) is 26.2 Å². The van der Waals surface area contributed by atoms with Gasteiger partial charge in [0.05, 0.1) is 6.54 Å². The highest BCUT2D eigenvalue weighted by molar-refractivity contribution is 5.82. The summed E-state index contributed by atoms with van der Waals surface area (Å²) in [6, 6.07) is 24.2. The smallest absolute Gasteiger partial charge is 0.242 e. The first-order valence-electron chi connectivity index (χ1n) is 9.98. The molecule has 148 valence electrons. The van der Waals surface area contributed by atoms with Crippen LogP contribution in [0.1, 0.15) is 17.0 Å². The summed E-state index contributed by atoms with van der Waals surface area (Å²) in [5.41, 5.74) is 9.68. The van der Waals surface area contributed by atoms with E-state index in [1.165, 1.54) is 5.56 Å². The Balaban J connectivity index is 1.48. The molecule has 0 unspecified atom stereocenters. The highest BCUT2D eigenvalue weighted by atomic mass is 16.2. The van der Waals surface area contributed by atoms with Crippen molar-refractivity contribution in [3.8, 4) is 0 Å². The number of likely N-dealkylation sites (tertiary alicyclic amines) is 1. The van der Waals surface area contributed by atoms with Crippen LogP contribution in [0.2, 0.25) is 0 Å². The average molecular weight is 386 g/mol. The Bertz CT molecular complexity index is 917. The normalized spacial score (nSPS) is 18.6. The Morgan fingerprint density at radius 3 is 2.41 bits per heavy atom. The topological polar surface area (TPSA) is 62.5 Å². The molecule has 1 aliphatic rings. The van der Waals surface area contributed by atoms with E-state index < -0.39 is 0 Å². The van der Waals surface area contributed by atoms with Crippen molar-refractivity contribution in [2.75, 3.05) is 24.5 Å². The molecule has 29 heavy (non-hydrogen) atoms. The van der Waals surface area contributed by atoms with Crippen LogP contribution in [0.25, 0.3) is 0 Å². The molecule has 4 rings (SSSR count). The predicted octanol–water partition coefficient (Wildman–Crippen LogP) is 3.04. The van der Waals surface area contributed by atoms with Crippen LogP contribution in [0.3, 0.4) is 0 Å². The minimum atomic E-state index is -0.0372. The Morgan fingerprint density at radius 1 is 1.00 bits per heavy atom. The fourth-order valence-electron chi connectivity index (χ4n) is 3.94. The second-order valence-electron chi connectivity index (χ2n) is 7.53. The van der Waals surface area contributed by atoms with E-state index in [9.17, 15) is 4.79 Å². The second-order valence-corrected chi connectivity index (χ2v) is 7.53. The van der Waals surface area contributed by atoms with Crippen molar-refractivity contribution in [1.29, 1.82) is 0 Å². The van der Waals surface area contributed by atoms with Crippen molar-refractivity contribution in [3.63, 3.8) is 0 Å². The molecule has 2 heterocycles. The quantitative estimate of drug-likeness (QED) is 0.707. The van der Waals surface area contributed by atoms with Gasteiger partial charge in [-0.1, -0.05) is 54.6 Å². The maximum absolute atomic E-state index is 13.2. The lowest BCUT2D eigenvalue weighted by atomic mass is 9.95. The third-order valence-corrected chi connectivity index (χ3v) is 5.49. The lowest BCUT2D eigenvalue weighted by molar-refractivity contribution is -0.128. The largest absolute Gasteiger partial charge is 0.358 e. The number of amides is 1. The molecule has 1 aromatic heterocycles. The SMILES string of the molecule is N[C@@H]1CN(C(=O)CN(Cc2cccnc2)c2ccccc2)C[C@H]1c1ccccc1. The molecule has 1 amide bonds. The van der Waals surface area contributed by atoms with Crippen LogP contribution in [0.5, 0.6) is 0 Å². The van der Waals surface area contributed by atoms with E-state index in [2.05, 4.69) is 22.0 Å². The molecular formula is C24H26N4O. The van der Waals surface area contributed by atoms with Crippen molar-refractivity contribution in [2.24, 2.45) is 5.73 Å². The number of aromatic nitrogens is 1. The van der Waals surface area contributed by atoms with Gasteiger partial charge in [0.15, 0.2) is 0 Å². The zero-order valence-electron chi connectivity index (χ0n) is 16.4. The molecule has 1 saturated heterocycles. The van der Waals surface area contributed by atoms with Crippen LogP contribution in [-0.2, 0) is 11.3 Å². The van der Waals surface area contributed by atoms with Gasteiger partial charge in [0.2, 0.25) is 5.91 Å². The van der Waals surface area contributed by atoms with Crippen molar-refractivity contribution in [2.45, 2.75) is 18.5 Å². The molecule has 0 saturated carbocycles. The third-order valence-electron chi connectivity index (χ3n) is 5.49. The molecule has 3 aromatic rings. The molecule has 1 fully saturated rings. The molecule has 1 aliphatic heterocycles. The molecular weight excluding hydrogens is 360 g/mol. The Labute approximate surface area is 171 Å². The molecule has 0 bridgehead atoms. The molecule has 5 nitrogen and oxygen atoms in total. The van der Waals surface area contributed by atoms with Gasteiger partial charge in [-0.2, -0.15) is 0 Å². The Kier molecular flexibility index (Phi) is 5.86. The van der Waals surface area contributed by atoms with E-state index in [0.717, 1.165) is 11.3 Å². The number of carbonyl (C=O) groups excluding carboxylic acids is 1. The van der Waals surface area contributed by atoms with E-state index in [-0.39, 0.29) is 17.9 Å². The second kappa shape index (κ2) is 8.88. The number of benzene rings is 2. The number of pyridine rings is 1. The first-order valence-corrected chi connectivity index (χ1v) is 9.98. The van der Waals surface area contributed by atoms with Gasteiger partial charge in [0, 0.05) is 49.7 Å². The molecule has 0 radical (unpaired) electrons. The molecule has 2 N–H and O–H groups in total. The summed E-state index contributed by atoms with van der Waals surface area (Å²) in [4.78, 5) is 21.4. The zero-order valence-corrected chi connectivity index (χ0v) is 16.4. The van der Waals surface area contributed by atoms with Gasteiger partial charge in [0.25, 0.3) is 0 Å². The van der Waals surface area contributed by atoms with Crippen LogP contribution < -0.4 is 10.6 Å². The average Bonchev–Trinajstić information content (AvgIpc) is 3.17. The number of anilines is 1. The number of nitrogens with two attached hydrogens (primary N) is 1. The Hall–Kier alpha value is -3.18. The maximum Gasteiger partial charge on any atom is 0.242 e. The number of rotatable bonds is 6. The first kappa shape index (κ1) is 19.2. The van der Waals surface area contributed by atoms with Gasteiger partial charge in [-0.3, -0.25) is 9.78 Å². The van der Waals surface area contributed by atoms with Crippen LogP contribution in [-0.4, -0.2) is 41.5 Å². The lowest BCUT2D eigenvalue weighted by Gasteiger charge is -2.27. The van der Waals surface area contributed by atoms with Crippen molar-refractivity contribution in [1.82, 2.24) is 9.88 Å². The summed E-state index contributed by atoms with van der Waals surface area (Å²) in [5.74, 6) is 0.287. The number of carbonyl (C=O) groups is 1. The summed E-state index contributed by atoms with van der Waals surface area (Å²) in [7, 11) is 0. The third kappa shape index (κ3) is 4.63. The fourth-order valence-corrected chi connectivity index (χ4v) is 3.94. The fraction of sp³-hybridized carbons (Fsp3) is 0.250. The van der Waals surface area contributed by atoms with Crippen LogP contribution in [0.4, 0.5) is 5.69 Å². The van der Waals surface area contributed by atoms with Crippen molar-refractivity contribution >= 4 is 11.6 Å². The van der Waals surface area contributed by atoms with Gasteiger partial charge in [-0.25, -0.2) is 0 Å². The lowest BCUT2D eigenvalue weighted by Crippen LogP contribution is -2.40. The number of nitrogens with zero attached hydrogens (tertiary/aromatic N) is 3. The van der Waals surface area contributed by atoms with Gasteiger partial charge in [-0.15, -0.1) is 0 Å². The van der Waals surface area contributed by atoms with Crippen LogP contribution >= 0.6 is 0 Å². The molecule has 2 atom stereocenters. The first-order chi connectivity index (χ1) is 14.2. The van der Waals surface area contributed by atoms with Crippen molar-refractivity contribution in [3.05, 3.63) is 96.3 Å². The summed E-state index contributed by atoms with van der Waals surface area (Å²) in [6.07, 6.45) is 3.61. The van der Waals surface area contributed by atoms with Gasteiger partial charge in [0.1, 0.15) is 0 Å².